The van der Waals surface area contributed by atoms with E-state index in [0.717, 1.165) is 19.3 Å². The molecule has 0 aromatic heterocycles. The van der Waals surface area contributed by atoms with Crippen LogP contribution in [0, 0.1) is 5.21 Å². The van der Waals surface area contributed by atoms with Crippen molar-refractivity contribution in [1.29, 1.82) is 0 Å². The van der Waals surface area contributed by atoms with Crippen LogP contribution in [0.15, 0.2) is 24.3 Å². The number of carboxylic acids is 1. The maximum atomic E-state index is 12.4. The molecule has 1 saturated heterocycles. The van der Waals surface area contributed by atoms with Gasteiger partial charge >= 0.3 is 5.97 Å². The quantitative estimate of drug-likeness (QED) is 0.616. The Hall–Kier alpha value is -1.39. The molecule has 2 rings (SSSR count). The minimum Gasteiger partial charge on any atom is -0.627 e. The predicted molar refractivity (Wildman–Crippen MR) is 62.1 cm³/mol. The lowest BCUT2D eigenvalue weighted by molar-refractivity contribution is 0.0696. The zero-order chi connectivity index (χ0) is 11.6. The third kappa shape index (κ3) is 2.08. The summed E-state index contributed by atoms with van der Waals surface area (Å²) in [6.07, 6.45) is 2.93. The Morgan fingerprint density at radius 1 is 1.25 bits per heavy atom. The summed E-state index contributed by atoms with van der Waals surface area (Å²) < 4.78 is -0.374. The number of hydrogen-bond donors (Lipinski definition) is 1. The molecule has 4 heteroatoms. The molecular weight excluding hydrogens is 206 g/mol. The second kappa shape index (κ2) is 4.23. The van der Waals surface area contributed by atoms with Crippen molar-refractivity contribution in [2.75, 3.05) is 13.1 Å². The van der Waals surface area contributed by atoms with Crippen LogP contribution in [-0.2, 0) is 0 Å². The molecular formula is C12H15NO3. The third-order valence-corrected chi connectivity index (χ3v) is 3.10. The molecule has 0 unspecified atom stereocenters. The van der Waals surface area contributed by atoms with Crippen LogP contribution in [0.25, 0.3) is 0 Å². The van der Waals surface area contributed by atoms with Crippen molar-refractivity contribution in [2.24, 2.45) is 0 Å². The van der Waals surface area contributed by atoms with E-state index in [9.17, 15) is 10.0 Å². The minimum atomic E-state index is -0.981. The molecule has 1 N–H and O–H groups in total. The average Bonchev–Trinajstić information content (AvgIpc) is 2.30. The number of benzene rings is 1. The lowest BCUT2D eigenvalue weighted by Crippen LogP contribution is -2.47. The molecule has 1 aromatic rings. The second-order valence-corrected chi connectivity index (χ2v) is 4.25. The van der Waals surface area contributed by atoms with E-state index in [1.807, 2.05) is 0 Å². The number of aromatic carboxylic acids is 1. The molecule has 86 valence electrons. The third-order valence-electron chi connectivity index (χ3n) is 3.10. The Kier molecular flexibility index (Phi) is 2.94. The summed E-state index contributed by atoms with van der Waals surface area (Å²) in [6.45, 7) is 1.12. The number of rotatable bonds is 2. The lowest BCUT2D eigenvalue weighted by Gasteiger charge is -2.44. The molecule has 1 aliphatic heterocycles. The summed E-state index contributed by atoms with van der Waals surface area (Å²) in [4.78, 5) is 10.8. The highest BCUT2D eigenvalue weighted by Gasteiger charge is 2.24. The number of hydrogen-bond acceptors (Lipinski definition) is 2. The topological polar surface area (TPSA) is 60.4 Å². The van der Waals surface area contributed by atoms with Crippen molar-refractivity contribution in [3.8, 4) is 0 Å². The molecule has 0 amide bonds. The van der Waals surface area contributed by atoms with Crippen LogP contribution in [0.5, 0.6) is 0 Å². The maximum absolute atomic E-state index is 12.4. The Bertz CT molecular complexity index is 397. The van der Waals surface area contributed by atoms with Gasteiger partial charge in [-0.1, -0.05) is 6.07 Å². The number of carbonyl (C=O) groups is 1. The first-order chi connectivity index (χ1) is 7.62. The number of hydroxylamine groups is 2. The molecule has 0 spiro atoms. The fourth-order valence-electron chi connectivity index (χ4n) is 2.17. The van der Waals surface area contributed by atoms with Gasteiger partial charge in [-0.25, -0.2) is 4.79 Å². The van der Waals surface area contributed by atoms with Crippen LogP contribution in [0.1, 0.15) is 29.6 Å². The van der Waals surface area contributed by atoms with Crippen molar-refractivity contribution < 1.29 is 9.90 Å². The van der Waals surface area contributed by atoms with E-state index in [4.69, 9.17) is 5.11 Å². The van der Waals surface area contributed by atoms with Crippen LogP contribution >= 0.6 is 0 Å². The molecule has 0 bridgehead atoms. The summed E-state index contributed by atoms with van der Waals surface area (Å²) in [5.41, 5.74) is 0.760. The zero-order valence-electron chi connectivity index (χ0n) is 9.06. The number of nitrogens with zero attached hydrogens (tertiary/aromatic N) is 1. The van der Waals surface area contributed by atoms with E-state index in [-0.39, 0.29) is 10.2 Å². The smallest absolute Gasteiger partial charge is 0.335 e. The Morgan fingerprint density at radius 3 is 2.56 bits per heavy atom. The monoisotopic (exact) mass is 221 g/mol. The Balaban J connectivity index is 2.31. The molecule has 1 aliphatic rings. The summed E-state index contributed by atoms with van der Waals surface area (Å²) >= 11 is 0. The second-order valence-electron chi connectivity index (χ2n) is 4.25. The maximum Gasteiger partial charge on any atom is 0.335 e. The van der Waals surface area contributed by atoms with Gasteiger partial charge in [0.05, 0.1) is 18.7 Å². The van der Waals surface area contributed by atoms with Crippen LogP contribution < -0.4 is 4.65 Å². The fraction of sp³-hybridized carbons (Fsp3) is 0.417. The van der Waals surface area contributed by atoms with Gasteiger partial charge in [0.25, 0.3) is 0 Å². The number of quaternary nitrogens is 1. The average molecular weight is 221 g/mol. The van der Waals surface area contributed by atoms with E-state index in [2.05, 4.69) is 0 Å². The highest BCUT2D eigenvalue weighted by atomic mass is 16.5. The fourth-order valence-corrected chi connectivity index (χ4v) is 2.17. The van der Waals surface area contributed by atoms with Gasteiger partial charge in [-0.05, 0) is 31.4 Å². The highest BCUT2D eigenvalue weighted by Crippen LogP contribution is 2.27. The molecule has 1 heterocycles. The first-order valence-electron chi connectivity index (χ1n) is 5.54. The van der Waals surface area contributed by atoms with Crippen molar-refractivity contribution in [3.05, 3.63) is 35.0 Å². The first-order valence-corrected chi connectivity index (χ1v) is 5.54. The number of piperidine rings is 1. The lowest BCUT2D eigenvalue weighted by atomic mass is 10.1. The molecule has 4 nitrogen and oxygen atoms in total. The van der Waals surface area contributed by atoms with Crippen LogP contribution in [0.4, 0.5) is 5.69 Å². The van der Waals surface area contributed by atoms with Gasteiger partial charge in [0.15, 0.2) is 0 Å². The van der Waals surface area contributed by atoms with Gasteiger partial charge < -0.3 is 15.0 Å². The van der Waals surface area contributed by atoms with Gasteiger partial charge in [0.2, 0.25) is 0 Å². The highest BCUT2D eigenvalue weighted by molar-refractivity contribution is 5.88. The van der Waals surface area contributed by atoms with Gasteiger partial charge in [-0.15, -0.1) is 0 Å². The summed E-state index contributed by atoms with van der Waals surface area (Å²) in [5, 5.41) is 21.3. The van der Waals surface area contributed by atoms with E-state index < -0.39 is 5.97 Å². The van der Waals surface area contributed by atoms with E-state index in [1.54, 1.807) is 12.1 Å². The van der Waals surface area contributed by atoms with E-state index in [1.165, 1.54) is 12.1 Å². The van der Waals surface area contributed by atoms with Gasteiger partial charge in [-0.2, -0.15) is 0 Å². The zero-order valence-corrected chi connectivity index (χ0v) is 9.06. The Labute approximate surface area is 94.3 Å². The van der Waals surface area contributed by atoms with Gasteiger partial charge in [-0.3, -0.25) is 0 Å². The SMILES string of the molecule is O=C(O)c1cccc([N+]2([O-])CCCCC2)c1. The van der Waals surface area contributed by atoms with E-state index >= 15 is 0 Å². The minimum absolute atomic E-state index is 0.191. The molecule has 1 aromatic carbocycles. The van der Waals surface area contributed by atoms with Crippen molar-refractivity contribution in [3.63, 3.8) is 0 Å². The molecule has 16 heavy (non-hydrogen) atoms. The summed E-state index contributed by atoms with van der Waals surface area (Å²) in [6, 6.07) is 6.39. The van der Waals surface area contributed by atoms with E-state index in [0.29, 0.717) is 18.8 Å². The van der Waals surface area contributed by atoms with Crippen molar-refractivity contribution >= 4 is 11.7 Å². The molecule has 0 saturated carbocycles. The molecule has 0 atom stereocenters. The van der Waals surface area contributed by atoms with Crippen LogP contribution in [-0.4, -0.2) is 24.2 Å². The number of carboxylic acid groups (broad SMARTS) is 1. The largest absolute Gasteiger partial charge is 0.627 e. The first kappa shape index (κ1) is 11.1. The predicted octanol–water partition coefficient (Wildman–Crippen LogP) is 2.37. The standard InChI is InChI=1S/C12H15NO3/c14-12(15)10-5-4-6-11(9-10)13(16)7-2-1-3-8-13/h4-6,9H,1-3,7-8H2,(H,14,15). The molecule has 1 fully saturated rings. The van der Waals surface area contributed by atoms with Crippen molar-refractivity contribution in [2.45, 2.75) is 19.3 Å². The molecule has 0 radical (unpaired) electrons. The normalized spacial score (nSPS) is 19.3. The Morgan fingerprint density at radius 2 is 1.94 bits per heavy atom. The van der Waals surface area contributed by atoms with Gasteiger partial charge in [0.1, 0.15) is 5.69 Å². The molecule has 0 aliphatic carbocycles. The van der Waals surface area contributed by atoms with Gasteiger partial charge in [0, 0.05) is 6.07 Å². The van der Waals surface area contributed by atoms with Crippen LogP contribution in [0.3, 0.4) is 0 Å². The van der Waals surface area contributed by atoms with Crippen molar-refractivity contribution in [1.82, 2.24) is 4.65 Å². The summed E-state index contributed by atoms with van der Waals surface area (Å²) in [5.74, 6) is -0.981. The van der Waals surface area contributed by atoms with Crippen LogP contribution in [0.2, 0.25) is 0 Å². The summed E-state index contributed by atoms with van der Waals surface area (Å²) in [7, 11) is 0.